The first-order valence-electron chi connectivity index (χ1n) is 17.2. The van der Waals surface area contributed by atoms with Crippen LogP contribution in [-0.4, -0.2) is 19.1 Å². The molecule has 0 spiro atoms. The van der Waals surface area contributed by atoms with Crippen LogP contribution in [0.15, 0.2) is 170 Å². The van der Waals surface area contributed by atoms with Crippen LogP contribution in [0.1, 0.15) is 0 Å². The molecule has 0 saturated heterocycles. The van der Waals surface area contributed by atoms with Crippen LogP contribution in [0.3, 0.4) is 0 Å². The van der Waals surface area contributed by atoms with E-state index in [2.05, 4.69) is 161 Å². The van der Waals surface area contributed by atoms with Gasteiger partial charge < -0.3 is 9.13 Å². The summed E-state index contributed by atoms with van der Waals surface area (Å²) in [5.41, 5.74) is 11.1. The summed E-state index contributed by atoms with van der Waals surface area (Å²) in [6.07, 6.45) is 0. The van der Waals surface area contributed by atoms with Crippen LogP contribution < -0.4 is 0 Å². The zero-order valence-corrected chi connectivity index (χ0v) is 28.2. The molecule has 238 valence electrons. The number of hydrogen-bond donors (Lipinski definition) is 0. The molecule has 0 saturated carbocycles. The maximum absolute atomic E-state index is 5.29. The Morgan fingerprint density at radius 2 is 0.941 bits per heavy atom. The predicted octanol–water partition coefficient (Wildman–Crippen LogP) is 12.4. The lowest BCUT2D eigenvalue weighted by Gasteiger charge is -2.13. The smallest absolute Gasteiger partial charge is 0.160 e. The Labute approximate surface area is 297 Å². The minimum atomic E-state index is 0.734. The van der Waals surface area contributed by atoms with E-state index in [0.717, 1.165) is 49.6 Å². The molecule has 11 aromatic rings. The van der Waals surface area contributed by atoms with Gasteiger partial charge in [0.15, 0.2) is 5.82 Å². The van der Waals surface area contributed by atoms with Gasteiger partial charge in [-0.3, -0.25) is 0 Å². The summed E-state index contributed by atoms with van der Waals surface area (Å²) >= 11 is 1.79. The van der Waals surface area contributed by atoms with Crippen molar-refractivity contribution in [3.05, 3.63) is 170 Å². The number of rotatable bonds is 4. The highest BCUT2D eigenvalue weighted by Gasteiger charge is 2.24. The molecule has 0 radical (unpaired) electrons. The number of benzene rings is 7. The SMILES string of the molecule is c1ccc(-c2nc(-c3ccccc3)c3sc4c(-n5c6ccccc6c6ccc7c8ccccc8n(-c8ccccc8)c7c65)cccc4c3n2)cc1. The van der Waals surface area contributed by atoms with Crippen molar-refractivity contribution < 1.29 is 0 Å². The topological polar surface area (TPSA) is 35.6 Å². The zero-order chi connectivity index (χ0) is 33.5. The van der Waals surface area contributed by atoms with E-state index in [-0.39, 0.29) is 0 Å². The van der Waals surface area contributed by atoms with Gasteiger partial charge in [-0.2, -0.15) is 0 Å². The maximum Gasteiger partial charge on any atom is 0.160 e. The number of fused-ring (bicyclic) bond motifs is 10. The largest absolute Gasteiger partial charge is 0.307 e. The summed E-state index contributed by atoms with van der Waals surface area (Å²) in [5, 5.41) is 6.07. The van der Waals surface area contributed by atoms with E-state index in [1.807, 2.05) is 18.2 Å². The van der Waals surface area contributed by atoms with Crippen LogP contribution in [0.25, 0.3) is 97.9 Å². The van der Waals surface area contributed by atoms with Crippen LogP contribution in [0.4, 0.5) is 0 Å². The molecule has 11 rings (SSSR count). The minimum Gasteiger partial charge on any atom is -0.307 e. The third-order valence-corrected chi connectivity index (χ3v) is 11.3. The highest BCUT2D eigenvalue weighted by molar-refractivity contribution is 7.26. The number of nitrogens with zero attached hydrogens (tertiary/aromatic N) is 4. The molecule has 4 nitrogen and oxygen atoms in total. The van der Waals surface area contributed by atoms with Gasteiger partial charge in [0.2, 0.25) is 0 Å². The maximum atomic E-state index is 5.29. The van der Waals surface area contributed by atoms with Crippen LogP contribution in [0.5, 0.6) is 0 Å². The van der Waals surface area contributed by atoms with Gasteiger partial charge in [0, 0.05) is 43.7 Å². The molecule has 0 aliphatic carbocycles. The molecule has 0 aliphatic heterocycles. The number of hydrogen-bond acceptors (Lipinski definition) is 3. The molecular weight excluding hydrogens is 641 g/mol. The van der Waals surface area contributed by atoms with E-state index in [1.54, 1.807) is 11.3 Å². The van der Waals surface area contributed by atoms with Crippen LogP contribution in [0.2, 0.25) is 0 Å². The standard InChI is InChI=1S/C46H28N4S/c1-4-15-29(16-5-1)40-45-41(48-46(47-40)30-17-6-2-7-18-30)36-23-14-26-39(44(36)51-45)50-38-25-13-11-22-33(38)35-28-27-34-32-21-10-12-24-37(32)49(42(34)43(35)50)31-19-8-3-9-20-31/h1-28H. The fourth-order valence-corrected chi connectivity index (χ4v) is 9.19. The molecule has 4 heterocycles. The Morgan fingerprint density at radius 1 is 0.392 bits per heavy atom. The first kappa shape index (κ1) is 28.3. The predicted molar refractivity (Wildman–Crippen MR) is 214 cm³/mol. The van der Waals surface area contributed by atoms with Crippen molar-refractivity contribution in [2.24, 2.45) is 0 Å². The van der Waals surface area contributed by atoms with Crippen molar-refractivity contribution in [1.82, 2.24) is 19.1 Å². The number of thiophene rings is 1. The highest BCUT2D eigenvalue weighted by atomic mass is 32.1. The van der Waals surface area contributed by atoms with Gasteiger partial charge >= 0.3 is 0 Å². The summed E-state index contributed by atoms with van der Waals surface area (Å²) < 4.78 is 7.22. The first-order valence-corrected chi connectivity index (χ1v) is 18.0. The van der Waals surface area contributed by atoms with Gasteiger partial charge in [-0.15, -0.1) is 11.3 Å². The van der Waals surface area contributed by atoms with Gasteiger partial charge in [0.1, 0.15) is 0 Å². The normalized spacial score (nSPS) is 11.9. The van der Waals surface area contributed by atoms with E-state index in [9.17, 15) is 0 Å². The Balaban J connectivity index is 1.31. The summed E-state index contributed by atoms with van der Waals surface area (Å²) in [5.74, 6) is 0.734. The van der Waals surface area contributed by atoms with Crippen molar-refractivity contribution in [1.29, 1.82) is 0 Å². The monoisotopic (exact) mass is 668 g/mol. The quantitative estimate of drug-likeness (QED) is 0.187. The second kappa shape index (κ2) is 11.0. The minimum absolute atomic E-state index is 0.734. The number of aromatic nitrogens is 4. The molecule has 7 aromatic carbocycles. The first-order chi connectivity index (χ1) is 25.3. The lowest BCUT2D eigenvalue weighted by Crippen LogP contribution is -1.98. The second-order valence-corrected chi connectivity index (χ2v) is 14.0. The van der Waals surface area contributed by atoms with Gasteiger partial charge in [-0.1, -0.05) is 140 Å². The average molecular weight is 669 g/mol. The molecule has 0 atom stereocenters. The summed E-state index contributed by atoms with van der Waals surface area (Å²) in [7, 11) is 0. The Morgan fingerprint density at radius 3 is 1.63 bits per heavy atom. The molecule has 0 bridgehead atoms. The third-order valence-electron chi connectivity index (χ3n) is 10.1. The van der Waals surface area contributed by atoms with Gasteiger partial charge in [-0.05, 0) is 30.3 Å². The van der Waals surface area contributed by atoms with Crippen LogP contribution in [0, 0.1) is 0 Å². The fraction of sp³-hybridized carbons (Fsp3) is 0. The van der Waals surface area contributed by atoms with E-state index in [1.165, 1.54) is 48.3 Å². The summed E-state index contributed by atoms with van der Waals surface area (Å²) in [4.78, 5) is 10.5. The van der Waals surface area contributed by atoms with Crippen molar-refractivity contribution in [3.63, 3.8) is 0 Å². The van der Waals surface area contributed by atoms with Crippen molar-refractivity contribution in [3.8, 4) is 34.0 Å². The Bertz CT molecular complexity index is 3120. The molecule has 5 heteroatoms. The molecule has 4 aromatic heterocycles. The van der Waals surface area contributed by atoms with Gasteiger partial charge in [0.05, 0.1) is 48.4 Å². The van der Waals surface area contributed by atoms with E-state index in [4.69, 9.17) is 9.97 Å². The highest BCUT2D eigenvalue weighted by Crippen LogP contribution is 2.46. The molecule has 0 amide bonds. The van der Waals surface area contributed by atoms with Gasteiger partial charge in [0.25, 0.3) is 0 Å². The van der Waals surface area contributed by atoms with Crippen molar-refractivity contribution in [2.45, 2.75) is 0 Å². The van der Waals surface area contributed by atoms with E-state index < -0.39 is 0 Å². The molecule has 0 aliphatic rings. The molecule has 0 fully saturated rings. The van der Waals surface area contributed by atoms with Crippen molar-refractivity contribution >= 4 is 75.3 Å². The zero-order valence-electron chi connectivity index (χ0n) is 27.4. The fourth-order valence-electron chi connectivity index (χ4n) is 7.93. The second-order valence-electron chi connectivity index (χ2n) is 13.0. The lowest BCUT2D eigenvalue weighted by atomic mass is 10.1. The van der Waals surface area contributed by atoms with Crippen molar-refractivity contribution in [2.75, 3.05) is 0 Å². The summed E-state index contributed by atoms with van der Waals surface area (Å²) in [6, 6.07) is 60.4. The van der Waals surface area contributed by atoms with E-state index in [0.29, 0.717) is 0 Å². The van der Waals surface area contributed by atoms with Gasteiger partial charge in [-0.25, -0.2) is 9.97 Å². The Kier molecular flexibility index (Phi) is 6.09. The Hall–Kier alpha value is -6.56. The molecule has 0 unspecified atom stereocenters. The summed E-state index contributed by atoms with van der Waals surface area (Å²) in [6.45, 7) is 0. The average Bonchev–Trinajstić information content (AvgIpc) is 3.86. The van der Waals surface area contributed by atoms with Crippen LogP contribution in [-0.2, 0) is 0 Å². The molecule has 51 heavy (non-hydrogen) atoms. The van der Waals surface area contributed by atoms with E-state index >= 15 is 0 Å². The molecule has 0 N–H and O–H groups in total. The van der Waals surface area contributed by atoms with Crippen LogP contribution >= 0.6 is 11.3 Å². The third kappa shape index (κ3) is 4.13. The number of para-hydroxylation sites is 3. The molecular formula is C46H28N4S. The lowest BCUT2D eigenvalue weighted by molar-refractivity contribution is 1.16.